The summed E-state index contributed by atoms with van der Waals surface area (Å²) in [6.45, 7) is 5.63. The maximum atomic E-state index is 12.3. The van der Waals surface area contributed by atoms with Crippen molar-refractivity contribution in [3.05, 3.63) is 72.2 Å². The fourth-order valence-corrected chi connectivity index (χ4v) is 6.02. The number of nitrogens with two attached hydrogens (primary N) is 1. The van der Waals surface area contributed by atoms with Crippen LogP contribution in [-0.2, 0) is 11.2 Å². The summed E-state index contributed by atoms with van der Waals surface area (Å²) in [5, 5.41) is 3.91. The van der Waals surface area contributed by atoms with Crippen LogP contribution in [-0.4, -0.2) is 32.3 Å². The summed E-state index contributed by atoms with van der Waals surface area (Å²) in [6.07, 6.45) is 8.90. The third-order valence-electron chi connectivity index (χ3n) is 7.94. The molecule has 1 amide bonds. The Morgan fingerprint density at radius 1 is 1.05 bits per heavy atom. The molecule has 8 heteroatoms. The van der Waals surface area contributed by atoms with Crippen molar-refractivity contribution >= 4 is 22.9 Å². The van der Waals surface area contributed by atoms with Gasteiger partial charge in [0.2, 0.25) is 0 Å². The molecule has 1 fully saturated rings. The molecule has 0 bridgehead atoms. The average Bonchev–Trinajstić information content (AvgIpc) is 3.33. The Kier molecular flexibility index (Phi) is 6.86. The zero-order chi connectivity index (χ0) is 27.9. The molecular formula is C32H37N5O3. The molecule has 0 spiro atoms. The van der Waals surface area contributed by atoms with Crippen LogP contribution in [0.3, 0.4) is 0 Å². The number of nitrogen functional groups attached to an aromatic ring is 1. The minimum absolute atomic E-state index is 0.0446. The monoisotopic (exact) mass is 539 g/mol. The van der Waals surface area contributed by atoms with Crippen molar-refractivity contribution in [1.29, 1.82) is 0 Å². The van der Waals surface area contributed by atoms with Crippen LogP contribution >= 0.6 is 0 Å². The van der Waals surface area contributed by atoms with Crippen LogP contribution < -0.4 is 15.8 Å². The van der Waals surface area contributed by atoms with E-state index in [9.17, 15) is 4.79 Å². The summed E-state index contributed by atoms with van der Waals surface area (Å²) in [5.74, 6) is 1.39. The number of benzene rings is 2. The maximum Gasteiger partial charge on any atom is 0.407 e. The lowest BCUT2D eigenvalue weighted by molar-refractivity contribution is 0.0488. The van der Waals surface area contributed by atoms with Gasteiger partial charge in [-0.15, -0.1) is 0 Å². The zero-order valence-corrected chi connectivity index (χ0v) is 23.4. The van der Waals surface area contributed by atoms with Gasteiger partial charge in [-0.05, 0) is 82.1 Å². The Hall–Kier alpha value is -4.07. The fraction of sp³-hybridized carbons (Fsp3) is 0.406. The third kappa shape index (κ3) is 5.35. The average molecular weight is 540 g/mol. The van der Waals surface area contributed by atoms with Crippen molar-refractivity contribution in [2.24, 2.45) is 0 Å². The number of rotatable bonds is 4. The predicted octanol–water partition coefficient (Wildman–Crippen LogP) is 6.76. The van der Waals surface area contributed by atoms with Crippen molar-refractivity contribution in [3.8, 4) is 16.9 Å². The molecule has 2 aromatic heterocycles. The number of alkyl carbamates (subject to hydrolysis) is 1. The van der Waals surface area contributed by atoms with Gasteiger partial charge in [-0.2, -0.15) is 0 Å². The maximum absolute atomic E-state index is 12.3. The zero-order valence-electron chi connectivity index (χ0n) is 23.4. The van der Waals surface area contributed by atoms with Gasteiger partial charge >= 0.3 is 6.09 Å². The van der Waals surface area contributed by atoms with E-state index in [0.717, 1.165) is 66.4 Å². The molecule has 208 valence electrons. The Morgan fingerprint density at radius 2 is 1.82 bits per heavy atom. The number of nitrogens with zero attached hydrogens (tertiary/aromatic N) is 3. The highest BCUT2D eigenvalue weighted by atomic mass is 16.6. The molecule has 4 aromatic rings. The first-order valence-electron chi connectivity index (χ1n) is 14.2. The Labute approximate surface area is 234 Å². The SMILES string of the molecule is CC(C)(C)OC(=O)NC1CCC(n2cc(-c3ccc4c(c3)OC(c3ccccc3)CC4)c3c(N)ncnc32)CC1. The standard InChI is InChI=1S/C32H37N5O3/c1-32(2,3)40-31(38)36-23-12-14-24(15-13-23)37-18-25(28-29(33)34-19-35-30(28)37)22-10-9-21-11-16-26(39-27(21)17-22)20-7-5-4-6-8-20/h4-10,17-19,23-24,26H,11-16H2,1-3H3,(H,36,38)(H2,33,34,35). The molecule has 0 radical (unpaired) electrons. The van der Waals surface area contributed by atoms with Crippen LogP contribution in [0.4, 0.5) is 10.6 Å². The van der Waals surface area contributed by atoms with Crippen molar-refractivity contribution in [2.45, 2.75) is 83.1 Å². The summed E-state index contributed by atoms with van der Waals surface area (Å²) in [7, 11) is 0. The topological polar surface area (TPSA) is 104 Å². The second-order valence-electron chi connectivity index (χ2n) is 11.9. The first-order valence-corrected chi connectivity index (χ1v) is 14.2. The van der Waals surface area contributed by atoms with Crippen molar-refractivity contribution in [3.63, 3.8) is 0 Å². The molecule has 6 rings (SSSR count). The number of amides is 1. The van der Waals surface area contributed by atoms with Crippen LogP contribution in [0.1, 0.15) is 76.1 Å². The molecule has 3 heterocycles. The lowest BCUT2D eigenvalue weighted by Crippen LogP contribution is -2.41. The second kappa shape index (κ2) is 10.5. The van der Waals surface area contributed by atoms with Crippen LogP contribution in [0, 0.1) is 0 Å². The molecule has 1 aliphatic heterocycles. The largest absolute Gasteiger partial charge is 0.485 e. The van der Waals surface area contributed by atoms with Crippen molar-refractivity contribution < 1.29 is 14.3 Å². The van der Waals surface area contributed by atoms with Gasteiger partial charge in [0.25, 0.3) is 0 Å². The highest BCUT2D eigenvalue weighted by molar-refractivity contribution is 6.00. The molecule has 40 heavy (non-hydrogen) atoms. The summed E-state index contributed by atoms with van der Waals surface area (Å²) in [5.41, 5.74) is 11.2. The Balaban J connectivity index is 1.25. The van der Waals surface area contributed by atoms with E-state index in [2.05, 4.69) is 68.5 Å². The lowest BCUT2D eigenvalue weighted by Gasteiger charge is -2.31. The van der Waals surface area contributed by atoms with E-state index in [1.807, 2.05) is 26.8 Å². The number of carbonyl (C=O) groups excluding carboxylic acids is 1. The fourth-order valence-electron chi connectivity index (χ4n) is 6.02. The van der Waals surface area contributed by atoms with E-state index in [-0.39, 0.29) is 24.3 Å². The summed E-state index contributed by atoms with van der Waals surface area (Å²) in [6, 6.07) is 17.2. The second-order valence-corrected chi connectivity index (χ2v) is 11.9. The highest BCUT2D eigenvalue weighted by Gasteiger charge is 2.28. The van der Waals surface area contributed by atoms with E-state index in [4.69, 9.17) is 15.2 Å². The molecule has 1 saturated carbocycles. The number of ether oxygens (including phenoxy) is 2. The molecule has 1 atom stereocenters. The number of fused-ring (bicyclic) bond motifs is 2. The van der Waals surface area contributed by atoms with Crippen LogP contribution in [0.15, 0.2) is 61.1 Å². The molecular weight excluding hydrogens is 502 g/mol. The lowest BCUT2D eigenvalue weighted by atomic mass is 9.91. The first-order chi connectivity index (χ1) is 19.2. The summed E-state index contributed by atoms with van der Waals surface area (Å²) >= 11 is 0. The van der Waals surface area contributed by atoms with Crippen molar-refractivity contribution in [2.75, 3.05) is 5.73 Å². The van der Waals surface area contributed by atoms with Gasteiger partial charge < -0.3 is 25.1 Å². The van der Waals surface area contributed by atoms with Gasteiger partial charge in [0.15, 0.2) is 0 Å². The normalized spacial score (nSPS) is 20.9. The van der Waals surface area contributed by atoms with E-state index < -0.39 is 5.60 Å². The van der Waals surface area contributed by atoms with Crippen LogP contribution in [0.2, 0.25) is 0 Å². The van der Waals surface area contributed by atoms with E-state index in [0.29, 0.717) is 5.82 Å². The van der Waals surface area contributed by atoms with E-state index in [1.165, 1.54) is 17.5 Å². The number of carbonyl (C=O) groups is 1. The summed E-state index contributed by atoms with van der Waals surface area (Å²) < 4.78 is 14.2. The smallest absolute Gasteiger partial charge is 0.407 e. The van der Waals surface area contributed by atoms with Crippen LogP contribution in [0.25, 0.3) is 22.2 Å². The molecule has 1 aliphatic carbocycles. The number of hydrogen-bond acceptors (Lipinski definition) is 6. The van der Waals surface area contributed by atoms with Gasteiger partial charge in [-0.3, -0.25) is 0 Å². The summed E-state index contributed by atoms with van der Waals surface area (Å²) in [4.78, 5) is 21.3. The minimum Gasteiger partial charge on any atom is -0.485 e. The van der Waals surface area contributed by atoms with E-state index in [1.54, 1.807) is 0 Å². The van der Waals surface area contributed by atoms with Gasteiger partial charge in [0.05, 0.1) is 5.39 Å². The molecule has 1 unspecified atom stereocenters. The number of aryl methyl sites for hydroxylation is 1. The van der Waals surface area contributed by atoms with Crippen molar-refractivity contribution in [1.82, 2.24) is 19.9 Å². The number of anilines is 1. The van der Waals surface area contributed by atoms with Crippen LogP contribution in [0.5, 0.6) is 5.75 Å². The van der Waals surface area contributed by atoms with Gasteiger partial charge in [0, 0.05) is 23.8 Å². The quantitative estimate of drug-likeness (QED) is 0.297. The first kappa shape index (κ1) is 26.2. The predicted molar refractivity (Wildman–Crippen MR) is 156 cm³/mol. The third-order valence-corrected chi connectivity index (χ3v) is 7.94. The number of hydrogen-bond donors (Lipinski definition) is 2. The molecule has 3 N–H and O–H groups in total. The van der Waals surface area contributed by atoms with Gasteiger partial charge in [-0.25, -0.2) is 14.8 Å². The van der Waals surface area contributed by atoms with E-state index >= 15 is 0 Å². The number of nitrogens with one attached hydrogen (secondary N) is 1. The van der Waals surface area contributed by atoms with Gasteiger partial charge in [-0.1, -0.05) is 42.5 Å². The molecule has 2 aliphatic rings. The molecule has 2 aromatic carbocycles. The van der Waals surface area contributed by atoms with Gasteiger partial charge in [0.1, 0.15) is 35.2 Å². The Morgan fingerprint density at radius 3 is 2.58 bits per heavy atom. The number of aromatic nitrogens is 3. The molecule has 8 nitrogen and oxygen atoms in total. The minimum atomic E-state index is -0.508. The highest BCUT2D eigenvalue weighted by Crippen LogP contribution is 2.42. The molecule has 0 saturated heterocycles. The Bertz CT molecular complexity index is 1520.